The Hall–Kier alpha value is -2.36. The van der Waals surface area contributed by atoms with Crippen LogP contribution in [0.15, 0.2) is 36.4 Å². The van der Waals surface area contributed by atoms with Gasteiger partial charge in [-0.25, -0.2) is 0 Å². The lowest BCUT2D eigenvalue weighted by Crippen LogP contribution is -2.10. The molecule has 2 aromatic rings. The molecule has 0 saturated heterocycles. The smallest absolute Gasteiger partial charge is 0.311 e. The minimum atomic E-state index is -0.241. The van der Waals surface area contributed by atoms with Crippen molar-refractivity contribution in [1.82, 2.24) is 0 Å². The molecule has 0 aromatic heterocycles. The van der Waals surface area contributed by atoms with E-state index in [0.717, 1.165) is 49.3 Å². The monoisotopic (exact) mass is 412 g/mol. The van der Waals surface area contributed by atoms with Gasteiger partial charge < -0.3 is 9.47 Å². The predicted octanol–water partition coefficient (Wildman–Crippen LogP) is 7.37. The van der Waals surface area contributed by atoms with Gasteiger partial charge in [0.15, 0.2) is 0 Å². The van der Waals surface area contributed by atoms with Gasteiger partial charge in [-0.05, 0) is 24.3 Å². The maximum absolute atomic E-state index is 12.3. The van der Waals surface area contributed by atoms with Crippen molar-refractivity contribution in [3.05, 3.63) is 36.4 Å². The first kappa shape index (κ1) is 23.9. The number of esters is 2. The van der Waals surface area contributed by atoms with E-state index in [1.165, 1.54) is 25.7 Å². The Morgan fingerprint density at radius 3 is 1.90 bits per heavy atom. The van der Waals surface area contributed by atoms with Crippen LogP contribution in [0.3, 0.4) is 0 Å². The van der Waals surface area contributed by atoms with Crippen molar-refractivity contribution in [1.29, 1.82) is 0 Å². The summed E-state index contributed by atoms with van der Waals surface area (Å²) in [6.07, 6.45) is 11.6. The van der Waals surface area contributed by atoms with Gasteiger partial charge in [-0.2, -0.15) is 0 Å². The Morgan fingerprint density at radius 2 is 1.27 bits per heavy atom. The molecule has 0 atom stereocenters. The second kappa shape index (κ2) is 13.8. The largest absolute Gasteiger partial charge is 0.426 e. The van der Waals surface area contributed by atoms with Crippen molar-refractivity contribution in [2.24, 2.45) is 0 Å². The van der Waals surface area contributed by atoms with Crippen LogP contribution in [-0.4, -0.2) is 11.9 Å². The van der Waals surface area contributed by atoms with E-state index in [1.807, 2.05) is 30.3 Å². The van der Waals surface area contributed by atoms with Gasteiger partial charge in [-0.3, -0.25) is 9.59 Å². The van der Waals surface area contributed by atoms with E-state index in [-0.39, 0.29) is 11.9 Å². The molecule has 0 bridgehead atoms. The van der Waals surface area contributed by atoms with Gasteiger partial charge in [-0.1, -0.05) is 89.5 Å². The minimum Gasteiger partial charge on any atom is -0.426 e. The summed E-state index contributed by atoms with van der Waals surface area (Å²) in [4.78, 5) is 24.5. The van der Waals surface area contributed by atoms with Crippen LogP contribution in [0.4, 0.5) is 0 Å². The molecular weight excluding hydrogens is 376 g/mol. The van der Waals surface area contributed by atoms with Crippen LogP contribution in [-0.2, 0) is 9.59 Å². The molecule has 4 nitrogen and oxygen atoms in total. The summed E-state index contributed by atoms with van der Waals surface area (Å²) in [5.74, 6) is 0.404. The standard InChI is InChI=1S/C26H36O4/c1-3-5-7-9-11-17-25(27)29-22-19-21-15-13-14-16-23(21)24(20-22)30-26(28)18-12-10-8-6-4-2/h13-16,19-20H,3-12,17-18H2,1-2H3. The van der Waals surface area contributed by atoms with E-state index in [0.29, 0.717) is 24.3 Å². The molecular formula is C26H36O4. The van der Waals surface area contributed by atoms with E-state index in [1.54, 1.807) is 6.07 Å². The van der Waals surface area contributed by atoms with Crippen LogP contribution in [0.1, 0.15) is 90.9 Å². The molecule has 0 saturated carbocycles. The Bertz CT molecular complexity index is 797. The highest BCUT2D eigenvalue weighted by Gasteiger charge is 2.13. The fourth-order valence-electron chi connectivity index (χ4n) is 3.49. The number of hydrogen-bond acceptors (Lipinski definition) is 4. The minimum absolute atomic E-state index is 0.240. The molecule has 0 aliphatic heterocycles. The number of ether oxygens (including phenoxy) is 2. The van der Waals surface area contributed by atoms with Gasteiger partial charge in [0.05, 0.1) is 0 Å². The third-order valence-corrected chi connectivity index (χ3v) is 5.22. The molecule has 0 fully saturated rings. The maximum atomic E-state index is 12.3. The Balaban J connectivity index is 1.97. The lowest BCUT2D eigenvalue weighted by molar-refractivity contribution is -0.134. The second-order valence-corrected chi connectivity index (χ2v) is 7.92. The summed E-state index contributed by atoms with van der Waals surface area (Å²) in [5, 5.41) is 1.73. The predicted molar refractivity (Wildman–Crippen MR) is 122 cm³/mol. The molecule has 0 aliphatic carbocycles. The molecule has 0 amide bonds. The third-order valence-electron chi connectivity index (χ3n) is 5.22. The summed E-state index contributed by atoms with van der Waals surface area (Å²) >= 11 is 0. The molecule has 0 radical (unpaired) electrons. The maximum Gasteiger partial charge on any atom is 0.311 e. The van der Waals surface area contributed by atoms with Gasteiger partial charge in [0, 0.05) is 24.3 Å². The van der Waals surface area contributed by atoms with Crippen LogP contribution in [0.25, 0.3) is 10.8 Å². The Labute approximate surface area is 181 Å². The fraction of sp³-hybridized carbons (Fsp3) is 0.538. The number of carbonyl (C=O) groups excluding carboxylic acids is 2. The molecule has 0 unspecified atom stereocenters. The number of benzene rings is 2. The molecule has 164 valence electrons. The molecule has 4 heteroatoms. The highest BCUT2D eigenvalue weighted by atomic mass is 16.5. The van der Waals surface area contributed by atoms with Crippen molar-refractivity contribution < 1.29 is 19.1 Å². The van der Waals surface area contributed by atoms with Gasteiger partial charge in [0.1, 0.15) is 11.5 Å². The number of carbonyl (C=O) groups is 2. The van der Waals surface area contributed by atoms with Crippen LogP contribution in [0.2, 0.25) is 0 Å². The molecule has 0 aliphatic rings. The SMILES string of the molecule is CCCCCCCC(=O)Oc1cc(OC(=O)CCCCCCC)c2ccccc2c1. The normalized spacial score (nSPS) is 10.9. The topological polar surface area (TPSA) is 52.6 Å². The molecule has 30 heavy (non-hydrogen) atoms. The fourth-order valence-corrected chi connectivity index (χ4v) is 3.49. The van der Waals surface area contributed by atoms with Gasteiger partial charge in [0.2, 0.25) is 0 Å². The second-order valence-electron chi connectivity index (χ2n) is 7.92. The van der Waals surface area contributed by atoms with Gasteiger partial charge in [0.25, 0.3) is 0 Å². The van der Waals surface area contributed by atoms with Crippen molar-refractivity contribution in [3.8, 4) is 11.5 Å². The number of fused-ring (bicyclic) bond motifs is 1. The number of hydrogen-bond donors (Lipinski definition) is 0. The molecule has 0 heterocycles. The van der Waals surface area contributed by atoms with Gasteiger partial charge in [-0.15, -0.1) is 0 Å². The quantitative estimate of drug-likeness (QED) is 0.185. The average molecular weight is 413 g/mol. The zero-order valence-electron chi connectivity index (χ0n) is 18.6. The summed E-state index contributed by atoms with van der Waals surface area (Å²) in [6.45, 7) is 4.34. The summed E-state index contributed by atoms with van der Waals surface area (Å²) in [5.41, 5.74) is 0. The van der Waals surface area contributed by atoms with Crippen LogP contribution in [0.5, 0.6) is 11.5 Å². The zero-order chi connectivity index (χ0) is 21.6. The average Bonchev–Trinajstić information content (AvgIpc) is 2.73. The third kappa shape index (κ3) is 8.56. The van der Waals surface area contributed by atoms with E-state index in [2.05, 4.69) is 13.8 Å². The van der Waals surface area contributed by atoms with Crippen molar-refractivity contribution >= 4 is 22.7 Å². The van der Waals surface area contributed by atoms with Crippen LogP contribution < -0.4 is 9.47 Å². The van der Waals surface area contributed by atoms with E-state index in [9.17, 15) is 9.59 Å². The number of unbranched alkanes of at least 4 members (excludes halogenated alkanes) is 8. The zero-order valence-corrected chi connectivity index (χ0v) is 18.6. The Kier molecular flexibility index (Phi) is 11.0. The summed E-state index contributed by atoms with van der Waals surface area (Å²) < 4.78 is 11.2. The number of rotatable bonds is 14. The lowest BCUT2D eigenvalue weighted by Gasteiger charge is -2.11. The van der Waals surface area contributed by atoms with Crippen LogP contribution >= 0.6 is 0 Å². The first-order valence-electron chi connectivity index (χ1n) is 11.6. The molecule has 2 rings (SSSR count). The first-order chi connectivity index (χ1) is 14.6. The van der Waals surface area contributed by atoms with E-state index < -0.39 is 0 Å². The van der Waals surface area contributed by atoms with E-state index >= 15 is 0 Å². The van der Waals surface area contributed by atoms with Crippen molar-refractivity contribution in [3.63, 3.8) is 0 Å². The summed E-state index contributed by atoms with van der Waals surface area (Å²) in [6, 6.07) is 11.2. The highest BCUT2D eigenvalue weighted by Crippen LogP contribution is 2.32. The van der Waals surface area contributed by atoms with Gasteiger partial charge >= 0.3 is 11.9 Å². The van der Waals surface area contributed by atoms with Crippen LogP contribution in [0, 0.1) is 0 Å². The summed E-state index contributed by atoms with van der Waals surface area (Å²) in [7, 11) is 0. The highest BCUT2D eigenvalue weighted by molar-refractivity contribution is 5.92. The molecule has 0 N–H and O–H groups in total. The Morgan fingerprint density at radius 1 is 0.700 bits per heavy atom. The molecule has 2 aromatic carbocycles. The molecule has 0 spiro atoms. The van der Waals surface area contributed by atoms with E-state index in [4.69, 9.17) is 9.47 Å². The van der Waals surface area contributed by atoms with Crippen molar-refractivity contribution in [2.45, 2.75) is 90.9 Å². The van der Waals surface area contributed by atoms with Crippen molar-refractivity contribution in [2.75, 3.05) is 0 Å². The lowest BCUT2D eigenvalue weighted by atomic mass is 10.1. The first-order valence-corrected chi connectivity index (χ1v) is 11.6.